The molecule has 2 aliphatic rings. The van der Waals surface area contributed by atoms with Crippen LogP contribution >= 0.6 is 0 Å². The fraction of sp³-hybridized carbons (Fsp3) is 0.562. The number of rotatable bonds is 5. The molecule has 0 aliphatic carbocycles. The lowest BCUT2D eigenvalue weighted by molar-refractivity contribution is -0.130. The predicted molar refractivity (Wildman–Crippen MR) is 82.7 cm³/mol. The van der Waals surface area contributed by atoms with Crippen LogP contribution in [0.2, 0.25) is 0 Å². The van der Waals surface area contributed by atoms with Gasteiger partial charge in [0.2, 0.25) is 5.91 Å². The number of aromatic nitrogens is 1. The first-order valence-corrected chi connectivity index (χ1v) is 7.99. The van der Waals surface area contributed by atoms with E-state index >= 15 is 0 Å². The number of carbonyl (C=O) groups is 2. The monoisotopic (exact) mass is 319 g/mol. The first-order chi connectivity index (χ1) is 11.2. The molecule has 0 aromatic carbocycles. The molecule has 2 unspecified atom stereocenters. The molecule has 2 amide bonds. The molecule has 3 rings (SSSR count). The molecule has 3 heterocycles. The Morgan fingerprint density at radius 2 is 1.83 bits per heavy atom. The predicted octanol–water partition coefficient (Wildman–Crippen LogP) is 0.994. The number of pyridine rings is 1. The molecule has 7 nitrogen and oxygen atoms in total. The van der Waals surface area contributed by atoms with Gasteiger partial charge in [-0.25, -0.2) is 4.98 Å². The summed E-state index contributed by atoms with van der Waals surface area (Å²) in [4.78, 5) is 28.1. The average molecular weight is 319 g/mol. The molecule has 2 aliphatic heterocycles. The standard InChI is InChI=1S/C16H21N3O4/c20-15(12-3-1-7-22-12)18-10-11-5-6-17-14(9-11)19-16(21)13-4-2-8-23-13/h5-6,9,12-13H,1-4,7-8,10H2,(H,18,20)(H,17,19,21). The third-order valence-corrected chi connectivity index (χ3v) is 3.99. The van der Waals surface area contributed by atoms with E-state index in [0.717, 1.165) is 31.2 Å². The van der Waals surface area contributed by atoms with Gasteiger partial charge in [0.15, 0.2) is 0 Å². The second kappa shape index (κ2) is 7.52. The van der Waals surface area contributed by atoms with Crippen LogP contribution in [0.25, 0.3) is 0 Å². The highest BCUT2D eigenvalue weighted by Crippen LogP contribution is 2.15. The normalized spacial score (nSPS) is 23.7. The van der Waals surface area contributed by atoms with Crippen molar-refractivity contribution >= 4 is 17.6 Å². The first kappa shape index (κ1) is 15.9. The third-order valence-electron chi connectivity index (χ3n) is 3.99. The Labute approximate surface area is 134 Å². The lowest BCUT2D eigenvalue weighted by Crippen LogP contribution is -2.33. The molecule has 124 valence electrons. The van der Waals surface area contributed by atoms with Crippen molar-refractivity contribution in [3.8, 4) is 0 Å². The van der Waals surface area contributed by atoms with Crippen molar-refractivity contribution in [1.82, 2.24) is 10.3 Å². The molecule has 0 spiro atoms. The first-order valence-electron chi connectivity index (χ1n) is 7.99. The van der Waals surface area contributed by atoms with Crippen LogP contribution in [0.3, 0.4) is 0 Å². The van der Waals surface area contributed by atoms with Gasteiger partial charge in [-0.15, -0.1) is 0 Å². The number of carbonyl (C=O) groups excluding carboxylic acids is 2. The van der Waals surface area contributed by atoms with E-state index < -0.39 is 0 Å². The molecule has 2 N–H and O–H groups in total. The van der Waals surface area contributed by atoms with Gasteiger partial charge in [0.1, 0.15) is 18.0 Å². The van der Waals surface area contributed by atoms with Crippen molar-refractivity contribution < 1.29 is 19.1 Å². The van der Waals surface area contributed by atoms with Crippen molar-refractivity contribution in [1.29, 1.82) is 0 Å². The zero-order valence-corrected chi connectivity index (χ0v) is 12.9. The van der Waals surface area contributed by atoms with Crippen LogP contribution in [0, 0.1) is 0 Å². The molecular formula is C16H21N3O4. The lowest BCUT2D eigenvalue weighted by atomic mass is 10.2. The van der Waals surface area contributed by atoms with Gasteiger partial charge in [-0.2, -0.15) is 0 Å². The number of hydrogen-bond donors (Lipinski definition) is 2. The van der Waals surface area contributed by atoms with Gasteiger partial charge in [-0.3, -0.25) is 9.59 Å². The van der Waals surface area contributed by atoms with E-state index in [1.165, 1.54) is 0 Å². The molecule has 2 fully saturated rings. The number of ether oxygens (including phenoxy) is 2. The summed E-state index contributed by atoms with van der Waals surface area (Å²) in [6.07, 6.45) is 4.22. The minimum absolute atomic E-state index is 0.0933. The molecular weight excluding hydrogens is 298 g/mol. The van der Waals surface area contributed by atoms with Gasteiger partial charge in [-0.05, 0) is 43.4 Å². The van der Waals surface area contributed by atoms with E-state index in [4.69, 9.17) is 9.47 Å². The molecule has 2 saturated heterocycles. The maximum atomic E-state index is 12.0. The molecule has 0 radical (unpaired) electrons. The van der Waals surface area contributed by atoms with Crippen molar-refractivity contribution in [2.75, 3.05) is 18.5 Å². The van der Waals surface area contributed by atoms with Crippen molar-refractivity contribution in [3.63, 3.8) is 0 Å². The highest BCUT2D eigenvalue weighted by atomic mass is 16.5. The van der Waals surface area contributed by atoms with E-state index in [0.29, 0.717) is 25.6 Å². The largest absolute Gasteiger partial charge is 0.368 e. The quantitative estimate of drug-likeness (QED) is 0.845. The summed E-state index contributed by atoms with van der Waals surface area (Å²) in [6.45, 7) is 1.65. The van der Waals surface area contributed by atoms with E-state index in [1.54, 1.807) is 18.3 Å². The van der Waals surface area contributed by atoms with Gasteiger partial charge in [-0.1, -0.05) is 0 Å². The molecule has 0 bridgehead atoms. The number of anilines is 1. The van der Waals surface area contributed by atoms with Crippen LogP contribution in [0.15, 0.2) is 18.3 Å². The number of hydrogen-bond acceptors (Lipinski definition) is 5. The van der Waals surface area contributed by atoms with Crippen LogP contribution < -0.4 is 10.6 Å². The SMILES string of the molecule is O=C(NCc1ccnc(NC(=O)C2CCCO2)c1)C1CCCO1. The van der Waals surface area contributed by atoms with Crippen molar-refractivity contribution in [2.45, 2.75) is 44.4 Å². The number of amides is 2. The number of nitrogens with one attached hydrogen (secondary N) is 2. The Morgan fingerprint density at radius 1 is 1.13 bits per heavy atom. The minimum Gasteiger partial charge on any atom is -0.368 e. The second-order valence-electron chi connectivity index (χ2n) is 5.76. The van der Waals surface area contributed by atoms with E-state index in [2.05, 4.69) is 15.6 Å². The van der Waals surface area contributed by atoms with E-state index in [-0.39, 0.29) is 24.0 Å². The van der Waals surface area contributed by atoms with Crippen LogP contribution in [0.5, 0.6) is 0 Å². The molecule has 1 aromatic rings. The second-order valence-corrected chi connectivity index (χ2v) is 5.76. The summed E-state index contributed by atoms with van der Waals surface area (Å²) >= 11 is 0. The molecule has 1 aromatic heterocycles. The highest BCUT2D eigenvalue weighted by molar-refractivity contribution is 5.93. The molecule has 2 atom stereocenters. The smallest absolute Gasteiger partial charge is 0.254 e. The molecule has 7 heteroatoms. The Balaban J connectivity index is 1.52. The van der Waals surface area contributed by atoms with Crippen LogP contribution in [-0.2, 0) is 25.6 Å². The Kier molecular flexibility index (Phi) is 5.19. The summed E-state index contributed by atoms with van der Waals surface area (Å²) in [5.41, 5.74) is 0.869. The van der Waals surface area contributed by atoms with Gasteiger partial charge in [0.05, 0.1) is 0 Å². The van der Waals surface area contributed by atoms with Crippen LogP contribution in [-0.4, -0.2) is 42.2 Å². The summed E-state index contributed by atoms with van der Waals surface area (Å²) < 4.78 is 10.7. The summed E-state index contributed by atoms with van der Waals surface area (Å²) in [7, 11) is 0. The maximum Gasteiger partial charge on any atom is 0.254 e. The molecule has 0 saturated carbocycles. The summed E-state index contributed by atoms with van der Waals surface area (Å²) in [5, 5.41) is 5.60. The van der Waals surface area contributed by atoms with Gasteiger partial charge >= 0.3 is 0 Å². The van der Waals surface area contributed by atoms with Crippen LogP contribution in [0.1, 0.15) is 31.2 Å². The average Bonchev–Trinajstić information content (AvgIpc) is 3.25. The van der Waals surface area contributed by atoms with Gasteiger partial charge < -0.3 is 20.1 Å². The maximum absolute atomic E-state index is 12.0. The lowest BCUT2D eigenvalue weighted by Gasteiger charge is -2.12. The minimum atomic E-state index is -0.389. The topological polar surface area (TPSA) is 89.6 Å². The Hall–Kier alpha value is -1.99. The van der Waals surface area contributed by atoms with Crippen molar-refractivity contribution in [2.24, 2.45) is 0 Å². The van der Waals surface area contributed by atoms with Crippen molar-refractivity contribution in [3.05, 3.63) is 23.9 Å². The number of nitrogens with zero attached hydrogens (tertiary/aromatic N) is 1. The highest BCUT2D eigenvalue weighted by Gasteiger charge is 2.24. The van der Waals surface area contributed by atoms with Gasteiger partial charge in [0, 0.05) is 26.0 Å². The summed E-state index contributed by atoms with van der Waals surface area (Å²) in [5.74, 6) is 0.203. The third kappa shape index (κ3) is 4.27. The zero-order valence-electron chi connectivity index (χ0n) is 12.9. The fourth-order valence-corrected chi connectivity index (χ4v) is 2.73. The zero-order chi connectivity index (χ0) is 16.1. The van der Waals surface area contributed by atoms with E-state index in [9.17, 15) is 9.59 Å². The van der Waals surface area contributed by atoms with Crippen LogP contribution in [0.4, 0.5) is 5.82 Å². The van der Waals surface area contributed by atoms with Gasteiger partial charge in [0.25, 0.3) is 5.91 Å². The Bertz CT molecular complexity index is 566. The summed E-state index contributed by atoms with van der Waals surface area (Å²) in [6, 6.07) is 3.56. The fourth-order valence-electron chi connectivity index (χ4n) is 2.73. The van der Waals surface area contributed by atoms with E-state index in [1.807, 2.05) is 0 Å². The Morgan fingerprint density at radius 3 is 2.48 bits per heavy atom. The molecule has 23 heavy (non-hydrogen) atoms.